The van der Waals surface area contributed by atoms with Crippen LogP contribution in [0.3, 0.4) is 0 Å². The van der Waals surface area contributed by atoms with E-state index < -0.39 is 5.54 Å². The summed E-state index contributed by atoms with van der Waals surface area (Å²) in [4.78, 5) is 29.1. The van der Waals surface area contributed by atoms with Gasteiger partial charge in [-0.25, -0.2) is 0 Å². The highest BCUT2D eigenvalue weighted by Crippen LogP contribution is 2.15. The summed E-state index contributed by atoms with van der Waals surface area (Å²) in [6.07, 6.45) is 3.35. The Morgan fingerprint density at radius 1 is 1.35 bits per heavy atom. The van der Waals surface area contributed by atoms with E-state index in [4.69, 9.17) is 0 Å². The fourth-order valence-electron chi connectivity index (χ4n) is 1.92. The van der Waals surface area contributed by atoms with Crippen molar-refractivity contribution in [2.24, 2.45) is 0 Å². The van der Waals surface area contributed by atoms with E-state index in [1.165, 1.54) is 0 Å². The Morgan fingerprint density at radius 3 is 2.65 bits per heavy atom. The van der Waals surface area contributed by atoms with Gasteiger partial charge in [-0.05, 0) is 31.5 Å². The zero-order valence-electron chi connectivity index (χ0n) is 9.93. The second kappa shape index (κ2) is 4.16. The fraction of sp³-hybridized carbons (Fsp3) is 0.417. The molecule has 0 atom stereocenters. The molecule has 0 aliphatic carbocycles. The fourth-order valence-corrected chi connectivity index (χ4v) is 1.92. The van der Waals surface area contributed by atoms with Gasteiger partial charge in [0.2, 0.25) is 11.8 Å². The molecule has 2 heterocycles. The number of rotatable bonds is 2. The standard InChI is InChI=1S/C12H15N3O2/c1-12(2)11(17)15(8-10(16)14-12)7-9-3-5-13-6-4-9/h3-6H,7-8H2,1-2H3,(H,14,16). The molecule has 1 aliphatic rings. The Labute approximate surface area is 99.8 Å². The van der Waals surface area contributed by atoms with Crippen molar-refractivity contribution in [2.75, 3.05) is 6.54 Å². The second-order valence-electron chi connectivity index (χ2n) is 4.69. The topological polar surface area (TPSA) is 62.3 Å². The summed E-state index contributed by atoms with van der Waals surface area (Å²) in [5, 5.41) is 2.68. The van der Waals surface area contributed by atoms with Gasteiger partial charge in [0, 0.05) is 18.9 Å². The first-order valence-corrected chi connectivity index (χ1v) is 5.48. The van der Waals surface area contributed by atoms with Crippen LogP contribution in [0.2, 0.25) is 0 Å². The van der Waals surface area contributed by atoms with E-state index in [2.05, 4.69) is 10.3 Å². The third-order valence-electron chi connectivity index (χ3n) is 2.73. The van der Waals surface area contributed by atoms with Crippen LogP contribution in [-0.2, 0) is 16.1 Å². The first kappa shape index (κ1) is 11.6. The van der Waals surface area contributed by atoms with Crippen molar-refractivity contribution in [3.63, 3.8) is 0 Å². The first-order valence-electron chi connectivity index (χ1n) is 5.48. The van der Waals surface area contributed by atoms with Crippen LogP contribution in [-0.4, -0.2) is 33.8 Å². The normalized spacial score (nSPS) is 19.1. The molecule has 0 bridgehead atoms. The Morgan fingerprint density at radius 2 is 2.00 bits per heavy atom. The maximum Gasteiger partial charge on any atom is 0.248 e. The van der Waals surface area contributed by atoms with Gasteiger partial charge in [0.05, 0.1) is 6.54 Å². The lowest BCUT2D eigenvalue weighted by atomic mass is 10.00. The quantitative estimate of drug-likeness (QED) is 0.800. The van der Waals surface area contributed by atoms with E-state index >= 15 is 0 Å². The van der Waals surface area contributed by atoms with Crippen LogP contribution in [0.15, 0.2) is 24.5 Å². The number of hydrogen-bond donors (Lipinski definition) is 1. The van der Waals surface area contributed by atoms with Crippen LogP contribution >= 0.6 is 0 Å². The van der Waals surface area contributed by atoms with Crippen molar-refractivity contribution >= 4 is 11.8 Å². The molecule has 17 heavy (non-hydrogen) atoms. The molecule has 0 unspecified atom stereocenters. The average molecular weight is 233 g/mol. The zero-order valence-corrected chi connectivity index (χ0v) is 9.93. The van der Waals surface area contributed by atoms with Crippen molar-refractivity contribution < 1.29 is 9.59 Å². The number of hydrogen-bond acceptors (Lipinski definition) is 3. The lowest BCUT2D eigenvalue weighted by Crippen LogP contribution is -2.63. The zero-order chi connectivity index (χ0) is 12.5. The van der Waals surface area contributed by atoms with Gasteiger partial charge in [-0.1, -0.05) is 0 Å². The number of piperazine rings is 1. The van der Waals surface area contributed by atoms with Crippen molar-refractivity contribution in [1.82, 2.24) is 15.2 Å². The van der Waals surface area contributed by atoms with Crippen LogP contribution in [0.25, 0.3) is 0 Å². The third-order valence-corrected chi connectivity index (χ3v) is 2.73. The minimum absolute atomic E-state index is 0.0612. The molecule has 1 aromatic heterocycles. The molecule has 1 aromatic rings. The highest BCUT2D eigenvalue weighted by atomic mass is 16.2. The summed E-state index contributed by atoms with van der Waals surface area (Å²) in [5.74, 6) is -0.183. The largest absolute Gasteiger partial charge is 0.341 e. The molecular weight excluding hydrogens is 218 g/mol. The van der Waals surface area contributed by atoms with Crippen molar-refractivity contribution in [2.45, 2.75) is 25.9 Å². The number of pyridine rings is 1. The summed E-state index contributed by atoms with van der Waals surface area (Å²) in [6.45, 7) is 3.99. The van der Waals surface area contributed by atoms with Crippen LogP contribution in [0.1, 0.15) is 19.4 Å². The van der Waals surface area contributed by atoms with E-state index in [-0.39, 0.29) is 18.4 Å². The maximum absolute atomic E-state index is 12.1. The second-order valence-corrected chi connectivity index (χ2v) is 4.69. The number of amides is 2. The minimum atomic E-state index is -0.817. The Kier molecular flexibility index (Phi) is 2.83. The molecule has 0 radical (unpaired) electrons. The molecule has 1 fully saturated rings. The Bertz CT molecular complexity index is 442. The minimum Gasteiger partial charge on any atom is -0.341 e. The molecule has 0 aromatic carbocycles. The first-order chi connectivity index (χ1) is 7.99. The molecule has 1 aliphatic heterocycles. The van der Waals surface area contributed by atoms with E-state index in [1.807, 2.05) is 12.1 Å². The highest BCUT2D eigenvalue weighted by Gasteiger charge is 2.38. The predicted molar refractivity (Wildman–Crippen MR) is 61.9 cm³/mol. The monoisotopic (exact) mass is 233 g/mol. The molecule has 1 saturated heterocycles. The summed E-state index contributed by atoms with van der Waals surface area (Å²) >= 11 is 0. The number of carbonyl (C=O) groups is 2. The number of nitrogens with one attached hydrogen (secondary N) is 1. The lowest BCUT2D eigenvalue weighted by molar-refractivity contribution is -0.148. The molecule has 1 N–H and O–H groups in total. The van der Waals surface area contributed by atoms with E-state index in [1.54, 1.807) is 31.1 Å². The summed E-state index contributed by atoms with van der Waals surface area (Å²) in [7, 11) is 0. The lowest BCUT2D eigenvalue weighted by Gasteiger charge is -2.37. The average Bonchev–Trinajstić information content (AvgIpc) is 2.26. The van der Waals surface area contributed by atoms with Crippen LogP contribution < -0.4 is 5.32 Å². The number of aromatic nitrogens is 1. The maximum atomic E-state index is 12.1. The van der Waals surface area contributed by atoms with Crippen LogP contribution in [0, 0.1) is 0 Å². The van der Waals surface area contributed by atoms with Gasteiger partial charge in [0.1, 0.15) is 5.54 Å². The smallest absolute Gasteiger partial charge is 0.248 e. The molecule has 2 rings (SSSR count). The molecular formula is C12H15N3O2. The summed E-state index contributed by atoms with van der Waals surface area (Å²) in [6, 6.07) is 3.68. The van der Waals surface area contributed by atoms with Gasteiger partial charge in [-0.15, -0.1) is 0 Å². The van der Waals surface area contributed by atoms with Crippen molar-refractivity contribution in [1.29, 1.82) is 0 Å². The Hall–Kier alpha value is -1.91. The van der Waals surface area contributed by atoms with Crippen molar-refractivity contribution in [3.05, 3.63) is 30.1 Å². The van der Waals surface area contributed by atoms with E-state index in [0.29, 0.717) is 6.54 Å². The molecule has 0 spiro atoms. The van der Waals surface area contributed by atoms with E-state index in [0.717, 1.165) is 5.56 Å². The summed E-state index contributed by atoms with van der Waals surface area (Å²) < 4.78 is 0. The molecule has 0 saturated carbocycles. The van der Waals surface area contributed by atoms with E-state index in [9.17, 15) is 9.59 Å². The van der Waals surface area contributed by atoms with Gasteiger partial charge >= 0.3 is 0 Å². The number of carbonyl (C=O) groups excluding carboxylic acids is 2. The van der Waals surface area contributed by atoms with Crippen LogP contribution in [0.4, 0.5) is 0 Å². The van der Waals surface area contributed by atoms with Crippen LogP contribution in [0.5, 0.6) is 0 Å². The molecule has 2 amide bonds. The predicted octanol–water partition coefficient (Wildman–Crippen LogP) is 0.319. The molecule has 5 heteroatoms. The third kappa shape index (κ3) is 2.43. The SMILES string of the molecule is CC1(C)NC(=O)CN(Cc2ccncc2)C1=O. The van der Waals surface area contributed by atoms with Gasteiger partial charge in [0.15, 0.2) is 0 Å². The molecule has 5 nitrogen and oxygen atoms in total. The Balaban J connectivity index is 2.15. The summed E-state index contributed by atoms with van der Waals surface area (Å²) in [5.41, 5.74) is 0.154. The van der Waals surface area contributed by atoms with Gasteiger partial charge in [-0.3, -0.25) is 14.6 Å². The molecule has 90 valence electrons. The van der Waals surface area contributed by atoms with Gasteiger partial charge < -0.3 is 10.2 Å². The van der Waals surface area contributed by atoms with Crippen molar-refractivity contribution in [3.8, 4) is 0 Å². The number of nitrogens with zero attached hydrogens (tertiary/aromatic N) is 2. The van der Waals surface area contributed by atoms with Gasteiger partial charge in [0.25, 0.3) is 0 Å². The van der Waals surface area contributed by atoms with Gasteiger partial charge in [-0.2, -0.15) is 0 Å². The highest BCUT2D eigenvalue weighted by molar-refractivity contribution is 5.97.